The number of carbonyl (C=O) groups is 1. The number of hydrogen-bond acceptors (Lipinski definition) is 4. The van der Waals surface area contributed by atoms with Crippen LogP contribution in [0.25, 0.3) is 0 Å². The van der Waals surface area contributed by atoms with Gasteiger partial charge in [-0.15, -0.1) is 0 Å². The van der Waals surface area contributed by atoms with Crippen molar-refractivity contribution < 1.29 is 22.3 Å². The van der Waals surface area contributed by atoms with Crippen LogP contribution in [0.2, 0.25) is 5.02 Å². The maximum absolute atomic E-state index is 13.2. The van der Waals surface area contributed by atoms with Crippen molar-refractivity contribution in [3.05, 3.63) is 29.0 Å². The minimum absolute atomic E-state index is 0.188. The Morgan fingerprint density at radius 3 is 2.62 bits per heavy atom. The van der Waals surface area contributed by atoms with E-state index in [2.05, 4.69) is 4.72 Å². The predicted molar refractivity (Wildman–Crippen MR) is 88.7 cm³/mol. The third-order valence-electron chi connectivity index (χ3n) is 4.28. The minimum atomic E-state index is -4.01. The lowest BCUT2D eigenvalue weighted by molar-refractivity contribution is -0.143. The number of carbonyl (C=O) groups excluding carboxylic acids is 1. The van der Waals surface area contributed by atoms with Crippen molar-refractivity contribution in [1.82, 2.24) is 4.72 Å². The lowest BCUT2D eigenvalue weighted by Gasteiger charge is -2.25. The van der Waals surface area contributed by atoms with E-state index in [0.29, 0.717) is 6.42 Å². The maximum atomic E-state index is 13.2. The Hall–Kier alpha value is -1.18. The molecule has 1 aromatic rings. The van der Waals surface area contributed by atoms with Crippen molar-refractivity contribution in [3.63, 3.8) is 0 Å². The van der Waals surface area contributed by atoms with Crippen molar-refractivity contribution >= 4 is 27.6 Å². The molecule has 0 amide bonds. The van der Waals surface area contributed by atoms with Gasteiger partial charge in [0.25, 0.3) is 0 Å². The number of rotatable bonds is 6. The fourth-order valence-corrected chi connectivity index (χ4v) is 4.46. The lowest BCUT2D eigenvalue weighted by Crippen LogP contribution is -2.42. The summed E-state index contributed by atoms with van der Waals surface area (Å²) in [5.74, 6) is -1.05. The molecule has 1 N–H and O–H groups in total. The molecule has 1 aliphatic rings. The van der Waals surface area contributed by atoms with Gasteiger partial charge in [0, 0.05) is 0 Å². The molecule has 0 aliphatic heterocycles. The van der Waals surface area contributed by atoms with Crippen LogP contribution in [0.4, 0.5) is 4.39 Å². The molecule has 0 spiro atoms. The van der Waals surface area contributed by atoms with Crippen LogP contribution in [0.1, 0.15) is 38.5 Å². The average molecular weight is 378 g/mol. The molecule has 1 unspecified atom stereocenters. The van der Waals surface area contributed by atoms with Gasteiger partial charge in [-0.3, -0.25) is 4.79 Å². The van der Waals surface area contributed by atoms with Crippen LogP contribution in [-0.4, -0.2) is 27.5 Å². The third kappa shape index (κ3) is 4.91. The van der Waals surface area contributed by atoms with Crippen LogP contribution >= 0.6 is 11.6 Å². The van der Waals surface area contributed by atoms with Crippen LogP contribution in [0.15, 0.2) is 23.1 Å². The summed E-state index contributed by atoms with van der Waals surface area (Å²) in [5.41, 5.74) is 0. The fourth-order valence-electron chi connectivity index (χ4n) is 2.99. The molecule has 1 atom stereocenters. The van der Waals surface area contributed by atoms with Gasteiger partial charge in [0.05, 0.1) is 17.0 Å². The molecular formula is C16H21ClFNO4S. The van der Waals surface area contributed by atoms with Crippen molar-refractivity contribution in [2.75, 3.05) is 7.11 Å². The first kappa shape index (κ1) is 19.1. The minimum Gasteiger partial charge on any atom is -0.468 e. The molecule has 2 rings (SSSR count). The summed E-state index contributed by atoms with van der Waals surface area (Å²) in [6.07, 6.45) is 5.66. The molecule has 0 saturated heterocycles. The van der Waals surface area contributed by atoms with Crippen molar-refractivity contribution in [2.24, 2.45) is 5.92 Å². The fraction of sp³-hybridized carbons (Fsp3) is 0.562. The Kier molecular flexibility index (Phi) is 6.60. The standard InChI is InChI=1S/C16H21ClFNO4S/c1-23-16(20)15(9-11-5-3-2-4-6-11)19-24(21,22)12-7-8-14(18)13(17)10-12/h7-8,10-11,15,19H,2-6,9H2,1H3. The normalized spacial score (nSPS) is 17.5. The number of sulfonamides is 1. The molecule has 1 aliphatic carbocycles. The zero-order valence-corrected chi connectivity index (χ0v) is 15.0. The summed E-state index contributed by atoms with van der Waals surface area (Å²) in [6, 6.07) is 2.14. The van der Waals surface area contributed by atoms with Gasteiger partial charge in [0.15, 0.2) is 0 Å². The zero-order chi connectivity index (χ0) is 17.7. The third-order valence-corrected chi connectivity index (χ3v) is 6.04. The average Bonchev–Trinajstić information content (AvgIpc) is 2.56. The van der Waals surface area contributed by atoms with E-state index >= 15 is 0 Å². The quantitative estimate of drug-likeness (QED) is 0.772. The van der Waals surface area contributed by atoms with E-state index in [1.807, 2.05) is 0 Å². The Balaban J connectivity index is 2.17. The van der Waals surface area contributed by atoms with Gasteiger partial charge in [-0.1, -0.05) is 43.7 Å². The number of halogens is 2. The molecule has 0 heterocycles. The van der Waals surface area contributed by atoms with Crippen LogP contribution in [0.5, 0.6) is 0 Å². The number of hydrogen-bond donors (Lipinski definition) is 1. The van der Waals surface area contributed by atoms with Crippen LogP contribution in [0.3, 0.4) is 0 Å². The summed E-state index contributed by atoms with van der Waals surface area (Å²) in [7, 11) is -2.79. The lowest BCUT2D eigenvalue weighted by atomic mass is 9.85. The highest BCUT2D eigenvalue weighted by Gasteiger charge is 2.30. The van der Waals surface area contributed by atoms with Gasteiger partial charge < -0.3 is 4.74 Å². The highest BCUT2D eigenvalue weighted by Crippen LogP contribution is 2.28. The van der Waals surface area contributed by atoms with E-state index < -0.39 is 27.9 Å². The second kappa shape index (κ2) is 8.27. The van der Waals surface area contributed by atoms with Crippen molar-refractivity contribution in [3.8, 4) is 0 Å². The van der Waals surface area contributed by atoms with E-state index in [1.165, 1.54) is 13.5 Å². The van der Waals surface area contributed by atoms with Crippen LogP contribution < -0.4 is 4.72 Å². The van der Waals surface area contributed by atoms with Gasteiger partial charge in [-0.05, 0) is 30.5 Å². The van der Waals surface area contributed by atoms with E-state index in [4.69, 9.17) is 16.3 Å². The monoisotopic (exact) mass is 377 g/mol. The molecule has 0 radical (unpaired) electrons. The number of nitrogens with one attached hydrogen (secondary N) is 1. The molecule has 1 fully saturated rings. The van der Waals surface area contributed by atoms with Gasteiger partial charge in [-0.25, -0.2) is 12.8 Å². The Labute approximate surface area is 146 Å². The second-order valence-corrected chi connectivity index (χ2v) is 8.13. The number of esters is 1. The second-order valence-electron chi connectivity index (χ2n) is 6.01. The Bertz CT molecular complexity index is 689. The summed E-state index contributed by atoms with van der Waals surface area (Å²) in [4.78, 5) is 11.8. The Morgan fingerprint density at radius 1 is 1.38 bits per heavy atom. The van der Waals surface area contributed by atoms with Crippen LogP contribution in [0, 0.1) is 11.7 Å². The molecule has 134 valence electrons. The molecule has 1 saturated carbocycles. The van der Waals surface area contributed by atoms with E-state index in [-0.39, 0.29) is 15.8 Å². The Morgan fingerprint density at radius 2 is 2.04 bits per heavy atom. The molecule has 0 bridgehead atoms. The molecule has 1 aromatic carbocycles. The SMILES string of the molecule is COC(=O)C(CC1CCCCC1)NS(=O)(=O)c1ccc(F)c(Cl)c1. The van der Waals surface area contributed by atoms with E-state index in [9.17, 15) is 17.6 Å². The van der Waals surface area contributed by atoms with E-state index in [1.54, 1.807) is 0 Å². The first-order valence-corrected chi connectivity index (χ1v) is 9.75. The molecule has 24 heavy (non-hydrogen) atoms. The first-order valence-electron chi connectivity index (χ1n) is 7.88. The molecule has 8 heteroatoms. The predicted octanol–water partition coefficient (Wildman–Crippen LogP) is 3.27. The number of methoxy groups -OCH3 is 1. The van der Waals surface area contributed by atoms with Gasteiger partial charge in [0.1, 0.15) is 11.9 Å². The van der Waals surface area contributed by atoms with Crippen molar-refractivity contribution in [2.45, 2.75) is 49.5 Å². The highest BCUT2D eigenvalue weighted by molar-refractivity contribution is 7.89. The van der Waals surface area contributed by atoms with Gasteiger partial charge >= 0.3 is 5.97 Å². The zero-order valence-electron chi connectivity index (χ0n) is 13.4. The number of ether oxygens (including phenoxy) is 1. The molecule has 0 aromatic heterocycles. The van der Waals surface area contributed by atoms with Gasteiger partial charge in [-0.2, -0.15) is 4.72 Å². The van der Waals surface area contributed by atoms with E-state index in [0.717, 1.165) is 43.9 Å². The summed E-state index contributed by atoms with van der Waals surface area (Å²) < 4.78 is 45.3. The summed E-state index contributed by atoms with van der Waals surface area (Å²) in [5, 5.41) is -0.292. The summed E-state index contributed by atoms with van der Waals surface area (Å²) >= 11 is 5.64. The number of benzene rings is 1. The van der Waals surface area contributed by atoms with Crippen molar-refractivity contribution in [1.29, 1.82) is 0 Å². The molecular weight excluding hydrogens is 357 g/mol. The summed E-state index contributed by atoms with van der Waals surface area (Å²) in [6.45, 7) is 0. The maximum Gasteiger partial charge on any atom is 0.323 e. The largest absolute Gasteiger partial charge is 0.468 e. The topological polar surface area (TPSA) is 72.5 Å². The first-order chi connectivity index (χ1) is 11.3. The smallest absolute Gasteiger partial charge is 0.323 e. The molecule has 5 nitrogen and oxygen atoms in total. The van der Waals surface area contributed by atoms with Crippen LogP contribution in [-0.2, 0) is 19.6 Å². The highest BCUT2D eigenvalue weighted by atomic mass is 35.5. The van der Waals surface area contributed by atoms with Gasteiger partial charge in [0.2, 0.25) is 10.0 Å².